The van der Waals surface area contributed by atoms with E-state index in [1.165, 1.54) is 5.75 Å². The lowest BCUT2D eigenvalue weighted by Gasteiger charge is -2.19. The van der Waals surface area contributed by atoms with E-state index in [1.807, 2.05) is 31.1 Å². The van der Waals surface area contributed by atoms with Crippen LogP contribution in [0.15, 0.2) is 12.3 Å². The maximum Gasteiger partial charge on any atom is 0.152 e. The fourth-order valence-corrected chi connectivity index (χ4v) is 4.17. The molecular formula is C10H14N2OS2. The molecule has 0 amide bonds. The summed E-state index contributed by atoms with van der Waals surface area (Å²) in [6.07, 6.45) is 2.37. The average molecular weight is 242 g/mol. The average Bonchev–Trinajstić information content (AvgIpc) is 2.65. The van der Waals surface area contributed by atoms with E-state index in [4.69, 9.17) is 0 Å². The van der Waals surface area contributed by atoms with E-state index in [0.717, 1.165) is 17.2 Å². The Bertz CT molecular complexity index is 345. The maximum absolute atomic E-state index is 11.9. The first-order valence-corrected chi connectivity index (χ1v) is 7.16. The number of ketones is 1. The fraction of sp³-hybridized carbons (Fsp3) is 0.600. The summed E-state index contributed by atoms with van der Waals surface area (Å²) in [5.74, 6) is 3.57. The lowest BCUT2D eigenvalue weighted by atomic mass is 10.2. The highest BCUT2D eigenvalue weighted by Gasteiger charge is 2.22. The summed E-state index contributed by atoms with van der Waals surface area (Å²) < 4.78 is 1.74. The molecule has 82 valence electrons. The van der Waals surface area contributed by atoms with Gasteiger partial charge in [-0.25, -0.2) is 0 Å². The van der Waals surface area contributed by atoms with Gasteiger partial charge in [-0.15, -0.1) is 11.8 Å². The molecule has 1 aromatic heterocycles. The van der Waals surface area contributed by atoms with Gasteiger partial charge in [0.25, 0.3) is 0 Å². The molecule has 1 unspecified atom stereocenters. The standard InChI is InChI=1S/C10H14N2OS2/c1-12-3-2-8(11-12)6-9(13)10-7-14-4-5-15-10/h2-3,10H,4-7H2,1H3. The van der Waals surface area contributed by atoms with E-state index < -0.39 is 0 Å². The van der Waals surface area contributed by atoms with E-state index in [0.29, 0.717) is 12.2 Å². The number of aryl methyl sites for hydroxylation is 1. The molecule has 2 rings (SSSR count). The predicted octanol–water partition coefficient (Wildman–Crippen LogP) is 1.38. The quantitative estimate of drug-likeness (QED) is 0.802. The van der Waals surface area contributed by atoms with Crippen molar-refractivity contribution in [1.82, 2.24) is 9.78 Å². The van der Waals surface area contributed by atoms with Crippen LogP contribution >= 0.6 is 23.5 Å². The van der Waals surface area contributed by atoms with Crippen molar-refractivity contribution < 1.29 is 4.79 Å². The number of hydrogen-bond donors (Lipinski definition) is 0. The molecule has 0 aromatic carbocycles. The molecule has 1 aliphatic rings. The van der Waals surface area contributed by atoms with E-state index >= 15 is 0 Å². The highest BCUT2D eigenvalue weighted by molar-refractivity contribution is 8.07. The molecule has 3 nitrogen and oxygen atoms in total. The number of hydrogen-bond acceptors (Lipinski definition) is 4. The Morgan fingerprint density at radius 1 is 1.67 bits per heavy atom. The van der Waals surface area contributed by atoms with Crippen LogP contribution in [0.4, 0.5) is 0 Å². The van der Waals surface area contributed by atoms with Crippen LogP contribution in [0.3, 0.4) is 0 Å². The second kappa shape index (κ2) is 5.07. The van der Waals surface area contributed by atoms with Crippen molar-refractivity contribution in [1.29, 1.82) is 0 Å². The van der Waals surface area contributed by atoms with E-state index in [-0.39, 0.29) is 5.25 Å². The van der Waals surface area contributed by atoms with Gasteiger partial charge in [0.2, 0.25) is 0 Å². The van der Waals surface area contributed by atoms with Crippen molar-refractivity contribution in [2.75, 3.05) is 17.3 Å². The molecule has 0 bridgehead atoms. The second-order valence-electron chi connectivity index (χ2n) is 3.56. The zero-order valence-electron chi connectivity index (χ0n) is 8.68. The maximum atomic E-state index is 11.9. The van der Waals surface area contributed by atoms with Gasteiger partial charge in [-0.3, -0.25) is 9.48 Å². The van der Waals surface area contributed by atoms with Crippen LogP contribution in [0.5, 0.6) is 0 Å². The topological polar surface area (TPSA) is 34.9 Å². The second-order valence-corrected chi connectivity index (χ2v) is 6.02. The number of Topliss-reactive ketones (excluding diaryl/α,β-unsaturated/α-hetero) is 1. The number of rotatable bonds is 3. The number of thioether (sulfide) groups is 2. The molecule has 1 atom stereocenters. The third-order valence-electron chi connectivity index (χ3n) is 2.30. The van der Waals surface area contributed by atoms with Crippen LogP contribution in [0.1, 0.15) is 5.69 Å². The number of carbonyl (C=O) groups excluding carboxylic acids is 1. The first kappa shape index (κ1) is 11.1. The van der Waals surface area contributed by atoms with Crippen LogP contribution < -0.4 is 0 Å². The summed E-state index contributed by atoms with van der Waals surface area (Å²) >= 11 is 3.67. The van der Waals surface area contributed by atoms with Gasteiger partial charge in [-0.1, -0.05) is 0 Å². The molecule has 0 saturated carbocycles. The molecule has 2 heterocycles. The SMILES string of the molecule is Cn1ccc(CC(=O)C2CSCCS2)n1. The molecular weight excluding hydrogens is 228 g/mol. The van der Waals surface area contributed by atoms with E-state index in [9.17, 15) is 4.79 Å². The highest BCUT2D eigenvalue weighted by atomic mass is 32.2. The van der Waals surface area contributed by atoms with Crippen LogP contribution in [-0.4, -0.2) is 38.1 Å². The molecule has 0 aliphatic carbocycles. The van der Waals surface area contributed by atoms with Crippen molar-refractivity contribution in [3.05, 3.63) is 18.0 Å². The molecule has 0 N–H and O–H groups in total. The predicted molar refractivity (Wildman–Crippen MR) is 65.5 cm³/mol. The summed E-state index contributed by atoms with van der Waals surface area (Å²) in [4.78, 5) is 11.9. The summed E-state index contributed by atoms with van der Waals surface area (Å²) in [6.45, 7) is 0. The van der Waals surface area contributed by atoms with Gasteiger partial charge in [0, 0.05) is 30.5 Å². The van der Waals surface area contributed by atoms with Crippen molar-refractivity contribution >= 4 is 29.3 Å². The number of carbonyl (C=O) groups is 1. The molecule has 0 radical (unpaired) electrons. The monoisotopic (exact) mass is 242 g/mol. The smallest absolute Gasteiger partial charge is 0.152 e. The molecule has 0 spiro atoms. The van der Waals surface area contributed by atoms with Gasteiger partial charge in [-0.05, 0) is 6.07 Å². The minimum Gasteiger partial charge on any atom is -0.298 e. The Hall–Kier alpha value is -0.420. The molecule has 1 aliphatic heterocycles. The van der Waals surface area contributed by atoms with Gasteiger partial charge in [-0.2, -0.15) is 16.9 Å². The Labute approximate surface area is 98.0 Å². The first-order valence-electron chi connectivity index (χ1n) is 4.96. The van der Waals surface area contributed by atoms with Gasteiger partial charge in [0.05, 0.1) is 17.4 Å². The van der Waals surface area contributed by atoms with Crippen LogP contribution in [0, 0.1) is 0 Å². The highest BCUT2D eigenvalue weighted by Crippen LogP contribution is 2.25. The molecule has 15 heavy (non-hydrogen) atoms. The molecule has 5 heteroatoms. The van der Waals surface area contributed by atoms with Crippen LogP contribution in [-0.2, 0) is 18.3 Å². The Balaban J connectivity index is 1.91. The summed E-state index contributed by atoms with van der Waals surface area (Å²) in [5.41, 5.74) is 0.888. The van der Waals surface area contributed by atoms with Crippen molar-refractivity contribution in [2.24, 2.45) is 7.05 Å². The van der Waals surface area contributed by atoms with E-state index in [1.54, 1.807) is 16.4 Å². The Morgan fingerprint density at radius 2 is 2.53 bits per heavy atom. The number of nitrogens with zero attached hydrogens (tertiary/aromatic N) is 2. The molecule has 1 saturated heterocycles. The summed E-state index contributed by atoms with van der Waals surface area (Å²) in [6, 6.07) is 1.92. The van der Waals surface area contributed by atoms with Crippen LogP contribution in [0.25, 0.3) is 0 Å². The summed E-state index contributed by atoms with van der Waals surface area (Å²) in [7, 11) is 1.87. The van der Waals surface area contributed by atoms with E-state index in [2.05, 4.69) is 5.10 Å². The van der Waals surface area contributed by atoms with Crippen molar-refractivity contribution in [2.45, 2.75) is 11.7 Å². The largest absolute Gasteiger partial charge is 0.298 e. The molecule has 1 aromatic rings. The van der Waals surface area contributed by atoms with Gasteiger partial charge >= 0.3 is 0 Å². The normalized spacial score (nSPS) is 21.5. The van der Waals surface area contributed by atoms with Gasteiger partial charge < -0.3 is 0 Å². The first-order chi connectivity index (χ1) is 7.25. The van der Waals surface area contributed by atoms with Crippen LogP contribution in [0.2, 0.25) is 0 Å². The number of aromatic nitrogens is 2. The van der Waals surface area contributed by atoms with Crippen molar-refractivity contribution in [3.63, 3.8) is 0 Å². The zero-order chi connectivity index (χ0) is 10.7. The van der Waals surface area contributed by atoms with Gasteiger partial charge in [0.15, 0.2) is 5.78 Å². The minimum atomic E-state index is 0.186. The minimum absolute atomic E-state index is 0.186. The lowest BCUT2D eigenvalue weighted by Crippen LogP contribution is -2.25. The zero-order valence-corrected chi connectivity index (χ0v) is 10.3. The molecule has 1 fully saturated rings. The Kier molecular flexibility index (Phi) is 3.75. The summed E-state index contributed by atoms with van der Waals surface area (Å²) in [5, 5.41) is 4.41. The third-order valence-corrected chi connectivity index (χ3v) is 5.10. The van der Waals surface area contributed by atoms with Crippen molar-refractivity contribution in [3.8, 4) is 0 Å². The Morgan fingerprint density at radius 3 is 3.13 bits per heavy atom. The van der Waals surface area contributed by atoms with Gasteiger partial charge in [0.1, 0.15) is 0 Å². The lowest BCUT2D eigenvalue weighted by molar-refractivity contribution is -0.117. The fourth-order valence-electron chi connectivity index (χ4n) is 1.52. The third kappa shape index (κ3) is 3.01.